The van der Waals surface area contributed by atoms with Crippen molar-refractivity contribution in [3.63, 3.8) is 0 Å². The fourth-order valence-corrected chi connectivity index (χ4v) is 5.76. The summed E-state index contributed by atoms with van der Waals surface area (Å²) in [5, 5.41) is 8.14. The van der Waals surface area contributed by atoms with Crippen LogP contribution in [-0.2, 0) is 33.5 Å². The van der Waals surface area contributed by atoms with E-state index in [4.69, 9.17) is 16.2 Å². The zero-order chi connectivity index (χ0) is 34.4. The third-order valence-electron chi connectivity index (χ3n) is 8.09. The van der Waals surface area contributed by atoms with Crippen molar-refractivity contribution in [3.05, 3.63) is 0 Å². The Morgan fingerprint density at radius 3 is 2.15 bits per heavy atom. The zero-order valence-corrected chi connectivity index (χ0v) is 27.7. The van der Waals surface area contributed by atoms with E-state index in [0.717, 1.165) is 32.1 Å². The number of rotatable bonds is 16. The summed E-state index contributed by atoms with van der Waals surface area (Å²) in [6.45, 7) is 7.09. The highest BCUT2D eigenvalue weighted by Gasteiger charge is 2.46. The van der Waals surface area contributed by atoms with Crippen molar-refractivity contribution >= 4 is 41.5 Å². The van der Waals surface area contributed by atoms with Gasteiger partial charge in [0.25, 0.3) is 0 Å². The van der Waals surface area contributed by atoms with Crippen LogP contribution >= 0.6 is 0 Å². The number of hydrogen-bond donors (Lipinski definition) is 5. The van der Waals surface area contributed by atoms with Crippen LogP contribution in [0.25, 0.3) is 0 Å². The van der Waals surface area contributed by atoms with Crippen LogP contribution in [0.2, 0.25) is 0 Å². The number of carbonyl (C=O) groups excluding carboxylic acids is 7. The third-order valence-corrected chi connectivity index (χ3v) is 8.09. The van der Waals surface area contributed by atoms with Crippen LogP contribution in [-0.4, -0.2) is 101 Å². The number of nitrogens with zero attached hydrogens (tertiary/aromatic N) is 2. The van der Waals surface area contributed by atoms with Gasteiger partial charge in [0.2, 0.25) is 35.4 Å². The molecule has 0 unspecified atom stereocenters. The average molecular weight is 652 g/mol. The molecule has 0 aromatic heterocycles. The maximum Gasteiger partial charge on any atom is 0.408 e. The minimum atomic E-state index is -1.15. The monoisotopic (exact) mass is 651 g/mol. The van der Waals surface area contributed by atoms with Crippen molar-refractivity contribution < 1.29 is 38.3 Å². The highest BCUT2D eigenvalue weighted by molar-refractivity contribution is 5.95. The second-order valence-corrected chi connectivity index (χ2v) is 13.1. The first kappa shape index (κ1) is 38.3. The van der Waals surface area contributed by atoms with E-state index in [1.165, 1.54) is 16.7 Å². The lowest BCUT2D eigenvalue weighted by atomic mass is 10.1. The van der Waals surface area contributed by atoms with Crippen molar-refractivity contribution in [3.8, 4) is 0 Å². The summed E-state index contributed by atoms with van der Waals surface area (Å²) in [6.07, 6.45) is 5.85. The molecule has 7 amide bonds. The molecule has 0 aliphatic carbocycles. The Labute approximate surface area is 271 Å². The van der Waals surface area contributed by atoms with Gasteiger partial charge < -0.3 is 42.0 Å². The fourth-order valence-electron chi connectivity index (χ4n) is 5.76. The first-order valence-electron chi connectivity index (χ1n) is 16.3. The van der Waals surface area contributed by atoms with Crippen LogP contribution in [0.5, 0.6) is 0 Å². The van der Waals surface area contributed by atoms with Crippen molar-refractivity contribution in [2.75, 3.05) is 19.6 Å². The molecule has 15 heteroatoms. The molecule has 15 nitrogen and oxygen atoms in total. The van der Waals surface area contributed by atoms with Gasteiger partial charge in [0, 0.05) is 38.9 Å². The lowest BCUT2D eigenvalue weighted by Gasteiger charge is -2.38. The van der Waals surface area contributed by atoms with E-state index in [2.05, 4.69) is 16.0 Å². The molecule has 2 aliphatic rings. The molecule has 2 fully saturated rings. The number of fused-ring (bicyclic) bond motifs is 1. The molecule has 0 saturated carbocycles. The zero-order valence-electron chi connectivity index (χ0n) is 27.7. The Morgan fingerprint density at radius 2 is 1.54 bits per heavy atom. The van der Waals surface area contributed by atoms with E-state index in [0.29, 0.717) is 45.2 Å². The van der Waals surface area contributed by atoms with Crippen molar-refractivity contribution in [1.29, 1.82) is 0 Å². The lowest BCUT2D eigenvalue weighted by Crippen LogP contribution is -2.62. The Bertz CT molecular complexity index is 1110. The van der Waals surface area contributed by atoms with E-state index >= 15 is 0 Å². The van der Waals surface area contributed by atoms with Crippen LogP contribution < -0.4 is 27.4 Å². The number of carbonyl (C=O) groups is 7. The minimum absolute atomic E-state index is 0.00669. The van der Waals surface area contributed by atoms with Gasteiger partial charge in [0.05, 0.1) is 6.54 Å². The van der Waals surface area contributed by atoms with Crippen molar-refractivity contribution in [2.45, 2.75) is 135 Å². The summed E-state index contributed by atoms with van der Waals surface area (Å²) < 4.78 is 5.34. The quantitative estimate of drug-likeness (QED) is 0.148. The molecule has 2 saturated heterocycles. The summed E-state index contributed by atoms with van der Waals surface area (Å²) in [6, 6.07) is -3.46. The Balaban J connectivity index is 2.07. The Hall–Kier alpha value is -3.91. The molecule has 2 rings (SSSR count). The highest BCUT2D eigenvalue weighted by Crippen LogP contribution is 2.29. The van der Waals surface area contributed by atoms with E-state index in [-0.39, 0.29) is 37.2 Å². The summed E-state index contributed by atoms with van der Waals surface area (Å²) >= 11 is 0. The van der Waals surface area contributed by atoms with Gasteiger partial charge in [0.15, 0.2) is 0 Å². The molecule has 0 bridgehead atoms. The number of alkyl carbamates (subject to hydrolysis) is 1. The SMILES string of the molecule is CC(=O)N1CC[C@H]2CC[C@@H](C(=O)N[C@@H](CCC(N)=O)C(=O)NCCCCCCCCC(N)=O)N2C(=O)[C@@H](NC(=O)OC(C)(C)C)C1. The van der Waals surface area contributed by atoms with Gasteiger partial charge in [-0.05, 0) is 59.3 Å². The fraction of sp³-hybridized carbons (Fsp3) is 0.774. The number of primary amides is 2. The third kappa shape index (κ3) is 13.2. The normalized spacial score (nSPS) is 20.5. The second kappa shape index (κ2) is 18.3. The molecule has 7 N–H and O–H groups in total. The second-order valence-electron chi connectivity index (χ2n) is 13.1. The lowest BCUT2D eigenvalue weighted by molar-refractivity contribution is -0.145. The van der Waals surface area contributed by atoms with E-state index in [1.54, 1.807) is 20.8 Å². The summed E-state index contributed by atoms with van der Waals surface area (Å²) in [4.78, 5) is 90.8. The Morgan fingerprint density at radius 1 is 0.913 bits per heavy atom. The van der Waals surface area contributed by atoms with Crippen LogP contribution in [0.1, 0.15) is 105 Å². The van der Waals surface area contributed by atoms with Gasteiger partial charge in [-0.1, -0.05) is 25.7 Å². The molecule has 2 heterocycles. The first-order chi connectivity index (χ1) is 21.6. The molecule has 46 heavy (non-hydrogen) atoms. The van der Waals surface area contributed by atoms with Gasteiger partial charge >= 0.3 is 6.09 Å². The van der Waals surface area contributed by atoms with Crippen LogP contribution in [0.4, 0.5) is 4.79 Å². The smallest absolute Gasteiger partial charge is 0.408 e. The van der Waals surface area contributed by atoms with Gasteiger partial charge in [-0.2, -0.15) is 0 Å². The maximum atomic E-state index is 13.9. The number of ether oxygens (including phenoxy) is 1. The summed E-state index contributed by atoms with van der Waals surface area (Å²) in [5.74, 6) is -2.68. The molecular formula is C31H53N7O8. The highest BCUT2D eigenvalue weighted by atomic mass is 16.6. The summed E-state index contributed by atoms with van der Waals surface area (Å²) in [5.41, 5.74) is 9.66. The topological polar surface area (TPSA) is 223 Å². The summed E-state index contributed by atoms with van der Waals surface area (Å²) in [7, 11) is 0. The standard InChI is InChI=1S/C31H53N7O8/c1-20(39)37-18-16-21-12-14-24(38(21)29(44)23(19-37)36-30(45)46-31(2,3)4)28(43)35-22(13-15-26(33)41)27(42)34-17-10-8-6-5-7-9-11-25(32)40/h21-24H,5-19H2,1-4H3,(H2,32,40)(H2,33,41)(H,34,42)(H,35,43)(H,36,45)/t21-,22+,23+,24+/m1/s1. The predicted molar refractivity (Wildman–Crippen MR) is 169 cm³/mol. The van der Waals surface area contributed by atoms with Crippen LogP contribution in [0, 0.1) is 0 Å². The molecule has 2 aliphatic heterocycles. The van der Waals surface area contributed by atoms with E-state index in [9.17, 15) is 33.6 Å². The van der Waals surface area contributed by atoms with Gasteiger partial charge in [-0.25, -0.2) is 4.79 Å². The van der Waals surface area contributed by atoms with E-state index in [1.807, 2.05) is 0 Å². The predicted octanol–water partition coefficient (Wildman–Crippen LogP) is 0.574. The van der Waals surface area contributed by atoms with E-state index < -0.39 is 53.4 Å². The molecule has 0 radical (unpaired) electrons. The first-order valence-corrected chi connectivity index (χ1v) is 16.3. The molecular weight excluding hydrogens is 598 g/mol. The molecule has 4 atom stereocenters. The molecule has 0 aromatic carbocycles. The molecule has 260 valence electrons. The van der Waals surface area contributed by atoms with Crippen LogP contribution in [0.15, 0.2) is 0 Å². The molecule has 0 spiro atoms. The Kier molecular flexibility index (Phi) is 15.2. The average Bonchev–Trinajstić information content (AvgIpc) is 3.36. The van der Waals surface area contributed by atoms with Gasteiger partial charge in [-0.3, -0.25) is 28.8 Å². The van der Waals surface area contributed by atoms with Crippen molar-refractivity contribution in [1.82, 2.24) is 25.8 Å². The van der Waals surface area contributed by atoms with Gasteiger partial charge in [-0.15, -0.1) is 0 Å². The minimum Gasteiger partial charge on any atom is -0.444 e. The van der Waals surface area contributed by atoms with Gasteiger partial charge in [0.1, 0.15) is 23.7 Å². The number of unbranched alkanes of at least 4 members (excludes halogenated alkanes) is 5. The number of nitrogens with two attached hydrogens (primary N) is 2. The number of amides is 7. The van der Waals surface area contributed by atoms with Crippen molar-refractivity contribution in [2.24, 2.45) is 11.5 Å². The van der Waals surface area contributed by atoms with Crippen LogP contribution in [0.3, 0.4) is 0 Å². The largest absolute Gasteiger partial charge is 0.444 e. The number of hydrogen-bond acceptors (Lipinski definition) is 8. The molecule has 0 aromatic rings. The number of nitrogens with one attached hydrogen (secondary N) is 3. The maximum absolute atomic E-state index is 13.9.